The highest BCUT2D eigenvalue weighted by Gasteiger charge is 2.23. The van der Waals surface area contributed by atoms with E-state index in [1.54, 1.807) is 0 Å². The Labute approximate surface area is 184 Å². The second-order valence-electron chi connectivity index (χ2n) is 8.20. The molecule has 2 fully saturated rings. The maximum Gasteiger partial charge on any atom is 0.223 e. The molecule has 2 aromatic rings. The Kier molecular flexibility index (Phi) is 7.26. The highest BCUT2D eigenvalue weighted by molar-refractivity contribution is 6.30. The van der Waals surface area contributed by atoms with E-state index in [4.69, 9.17) is 11.6 Å². The van der Waals surface area contributed by atoms with Gasteiger partial charge in [0.05, 0.1) is 0 Å². The Morgan fingerprint density at radius 1 is 0.767 bits per heavy atom. The van der Waals surface area contributed by atoms with Gasteiger partial charge in [-0.15, -0.1) is 0 Å². The Hall–Kier alpha value is -2.08. The molecule has 0 spiro atoms. The minimum absolute atomic E-state index is 0.289. The van der Waals surface area contributed by atoms with E-state index in [0.29, 0.717) is 6.42 Å². The molecule has 0 atom stereocenters. The molecule has 30 heavy (non-hydrogen) atoms. The summed E-state index contributed by atoms with van der Waals surface area (Å²) in [6.45, 7) is 9.48. The molecule has 2 heterocycles. The second kappa shape index (κ2) is 10.3. The van der Waals surface area contributed by atoms with Crippen LogP contribution >= 0.6 is 11.6 Å². The first-order chi connectivity index (χ1) is 14.7. The van der Waals surface area contributed by atoms with Crippen molar-refractivity contribution in [2.24, 2.45) is 0 Å². The number of benzene rings is 2. The van der Waals surface area contributed by atoms with Gasteiger partial charge in [-0.05, 0) is 29.8 Å². The number of nitrogens with zero attached hydrogens (tertiary/aromatic N) is 4. The van der Waals surface area contributed by atoms with Crippen molar-refractivity contribution in [2.75, 3.05) is 63.8 Å². The summed E-state index contributed by atoms with van der Waals surface area (Å²) in [4.78, 5) is 22.0. The summed E-state index contributed by atoms with van der Waals surface area (Å²) in [5.41, 5.74) is 2.55. The first-order valence-electron chi connectivity index (χ1n) is 10.9. The molecule has 0 unspecified atom stereocenters. The lowest BCUT2D eigenvalue weighted by molar-refractivity contribution is -0.131. The zero-order chi connectivity index (χ0) is 20.8. The van der Waals surface area contributed by atoms with E-state index in [0.717, 1.165) is 70.5 Å². The molecule has 4 rings (SSSR count). The third-order valence-corrected chi connectivity index (χ3v) is 6.43. The SMILES string of the molecule is O=C(CCN1CCN(Cc2ccccc2)CC1)N1CCN(c2ccc(Cl)cc2)CC1. The van der Waals surface area contributed by atoms with Gasteiger partial charge in [-0.2, -0.15) is 0 Å². The first-order valence-corrected chi connectivity index (χ1v) is 11.3. The van der Waals surface area contributed by atoms with E-state index in [-0.39, 0.29) is 5.91 Å². The Morgan fingerprint density at radius 3 is 2.07 bits per heavy atom. The van der Waals surface area contributed by atoms with E-state index < -0.39 is 0 Å². The van der Waals surface area contributed by atoms with Crippen LogP contribution in [0.5, 0.6) is 0 Å². The van der Waals surface area contributed by atoms with Gasteiger partial charge in [-0.3, -0.25) is 9.69 Å². The number of carbonyl (C=O) groups is 1. The minimum Gasteiger partial charge on any atom is -0.368 e. The van der Waals surface area contributed by atoms with Gasteiger partial charge >= 0.3 is 0 Å². The quantitative estimate of drug-likeness (QED) is 0.709. The van der Waals surface area contributed by atoms with Crippen LogP contribution in [-0.4, -0.2) is 79.5 Å². The maximum atomic E-state index is 12.7. The summed E-state index contributed by atoms with van der Waals surface area (Å²) in [6, 6.07) is 18.6. The normalized spacial score (nSPS) is 18.6. The molecule has 2 aromatic carbocycles. The Bertz CT molecular complexity index is 798. The fraction of sp³-hybridized carbons (Fsp3) is 0.458. The lowest BCUT2D eigenvalue weighted by atomic mass is 10.2. The second-order valence-corrected chi connectivity index (χ2v) is 8.63. The van der Waals surface area contributed by atoms with Crippen LogP contribution in [0.2, 0.25) is 5.02 Å². The molecule has 5 nitrogen and oxygen atoms in total. The third kappa shape index (κ3) is 5.75. The van der Waals surface area contributed by atoms with E-state index >= 15 is 0 Å². The summed E-state index contributed by atoms with van der Waals surface area (Å²) in [6.07, 6.45) is 0.625. The maximum absolute atomic E-state index is 12.7. The summed E-state index contributed by atoms with van der Waals surface area (Å²) < 4.78 is 0. The topological polar surface area (TPSA) is 30.0 Å². The lowest BCUT2D eigenvalue weighted by Gasteiger charge is -2.37. The third-order valence-electron chi connectivity index (χ3n) is 6.18. The molecular weight excluding hydrogens is 396 g/mol. The molecule has 2 aliphatic heterocycles. The van der Waals surface area contributed by atoms with Crippen LogP contribution < -0.4 is 4.90 Å². The lowest BCUT2D eigenvalue weighted by Crippen LogP contribution is -2.50. The highest BCUT2D eigenvalue weighted by atomic mass is 35.5. The number of anilines is 1. The number of rotatable bonds is 6. The number of hydrogen-bond acceptors (Lipinski definition) is 4. The van der Waals surface area contributed by atoms with Gasteiger partial charge in [0.15, 0.2) is 0 Å². The van der Waals surface area contributed by atoms with Crippen LogP contribution in [0.1, 0.15) is 12.0 Å². The molecule has 0 aromatic heterocycles. The van der Waals surface area contributed by atoms with Crippen molar-refractivity contribution in [3.8, 4) is 0 Å². The monoisotopic (exact) mass is 426 g/mol. The summed E-state index contributed by atoms with van der Waals surface area (Å²) in [5, 5.41) is 0.758. The van der Waals surface area contributed by atoms with Crippen molar-refractivity contribution >= 4 is 23.2 Å². The van der Waals surface area contributed by atoms with Gasteiger partial charge in [0.25, 0.3) is 0 Å². The first kappa shape index (κ1) is 21.2. The number of amides is 1. The van der Waals surface area contributed by atoms with Gasteiger partial charge in [-0.25, -0.2) is 0 Å². The molecule has 0 saturated carbocycles. The van der Waals surface area contributed by atoms with E-state index in [2.05, 4.69) is 57.2 Å². The fourth-order valence-corrected chi connectivity index (χ4v) is 4.42. The average molecular weight is 427 g/mol. The van der Waals surface area contributed by atoms with E-state index in [1.807, 2.05) is 17.0 Å². The van der Waals surface area contributed by atoms with Gasteiger partial charge in [0.2, 0.25) is 5.91 Å². The van der Waals surface area contributed by atoms with Crippen molar-refractivity contribution in [3.05, 3.63) is 65.2 Å². The minimum atomic E-state index is 0.289. The molecular formula is C24H31ClN4O. The van der Waals surface area contributed by atoms with Crippen molar-refractivity contribution in [1.82, 2.24) is 14.7 Å². The van der Waals surface area contributed by atoms with Gasteiger partial charge in [0.1, 0.15) is 0 Å². The van der Waals surface area contributed by atoms with Gasteiger partial charge in [0, 0.05) is 82.6 Å². The van der Waals surface area contributed by atoms with E-state index in [9.17, 15) is 4.79 Å². The molecule has 6 heteroatoms. The number of piperazine rings is 2. The molecule has 0 aliphatic carbocycles. The zero-order valence-corrected chi connectivity index (χ0v) is 18.3. The smallest absolute Gasteiger partial charge is 0.223 e. The molecule has 0 radical (unpaired) electrons. The van der Waals surface area contributed by atoms with Gasteiger partial charge in [-0.1, -0.05) is 41.9 Å². The Balaban J connectivity index is 1.15. The van der Waals surface area contributed by atoms with Crippen LogP contribution in [0, 0.1) is 0 Å². The number of carbonyl (C=O) groups excluding carboxylic acids is 1. The predicted molar refractivity (Wildman–Crippen MR) is 123 cm³/mol. The Morgan fingerprint density at radius 2 is 1.40 bits per heavy atom. The molecule has 2 aliphatic rings. The summed E-state index contributed by atoms with van der Waals surface area (Å²) in [7, 11) is 0. The molecule has 0 bridgehead atoms. The molecule has 160 valence electrons. The number of halogens is 1. The van der Waals surface area contributed by atoms with Crippen molar-refractivity contribution < 1.29 is 4.79 Å². The van der Waals surface area contributed by atoms with Crippen LogP contribution in [0.25, 0.3) is 0 Å². The van der Waals surface area contributed by atoms with Crippen LogP contribution in [0.15, 0.2) is 54.6 Å². The average Bonchev–Trinajstić information content (AvgIpc) is 2.80. The van der Waals surface area contributed by atoms with Crippen LogP contribution in [0.3, 0.4) is 0 Å². The molecule has 1 amide bonds. The van der Waals surface area contributed by atoms with Crippen molar-refractivity contribution in [3.63, 3.8) is 0 Å². The van der Waals surface area contributed by atoms with Crippen LogP contribution in [0.4, 0.5) is 5.69 Å². The zero-order valence-electron chi connectivity index (χ0n) is 17.5. The predicted octanol–water partition coefficient (Wildman–Crippen LogP) is 3.20. The summed E-state index contributed by atoms with van der Waals surface area (Å²) in [5.74, 6) is 0.289. The standard InChI is InChI=1S/C24H31ClN4O/c25-22-6-8-23(9-7-22)28-16-18-29(19-17-28)24(30)10-11-26-12-14-27(15-13-26)20-21-4-2-1-3-5-21/h1-9H,10-20H2. The van der Waals surface area contributed by atoms with E-state index in [1.165, 1.54) is 11.3 Å². The fourth-order valence-electron chi connectivity index (χ4n) is 4.29. The van der Waals surface area contributed by atoms with Gasteiger partial charge < -0.3 is 14.7 Å². The van der Waals surface area contributed by atoms with Crippen molar-refractivity contribution in [1.29, 1.82) is 0 Å². The van der Waals surface area contributed by atoms with Crippen molar-refractivity contribution in [2.45, 2.75) is 13.0 Å². The summed E-state index contributed by atoms with van der Waals surface area (Å²) >= 11 is 5.98. The van der Waals surface area contributed by atoms with Crippen LogP contribution in [-0.2, 0) is 11.3 Å². The largest absolute Gasteiger partial charge is 0.368 e. The number of hydrogen-bond donors (Lipinski definition) is 0. The molecule has 0 N–H and O–H groups in total. The highest BCUT2D eigenvalue weighted by Crippen LogP contribution is 2.19. The molecule has 2 saturated heterocycles.